The molecule has 23 heavy (non-hydrogen) atoms. The van der Waals surface area contributed by atoms with Gasteiger partial charge in [0.15, 0.2) is 0 Å². The van der Waals surface area contributed by atoms with Gasteiger partial charge in [-0.2, -0.15) is 0 Å². The fraction of sp³-hybridized carbons (Fsp3) is 0.364. The molecule has 2 rings (SSSR count). The van der Waals surface area contributed by atoms with Crippen molar-refractivity contribution in [1.82, 2.24) is 0 Å². The van der Waals surface area contributed by atoms with Gasteiger partial charge in [0, 0.05) is 12.0 Å². The largest absolute Gasteiger partial charge is 0.320 e. The van der Waals surface area contributed by atoms with Crippen LogP contribution in [0.2, 0.25) is 0 Å². The molecule has 0 aromatic heterocycles. The maximum atomic E-state index is 2.33. The zero-order valence-corrected chi connectivity index (χ0v) is 14.6. The van der Waals surface area contributed by atoms with Crippen LogP contribution in [0.5, 0.6) is 0 Å². The summed E-state index contributed by atoms with van der Waals surface area (Å²) in [7, 11) is 0. The molecule has 0 amide bonds. The van der Waals surface area contributed by atoms with Crippen LogP contribution in [0.3, 0.4) is 0 Å². The summed E-state index contributed by atoms with van der Waals surface area (Å²) in [5, 5.41) is 0. The van der Waals surface area contributed by atoms with Gasteiger partial charge in [-0.25, -0.2) is 0 Å². The lowest BCUT2D eigenvalue weighted by atomic mass is 10.1. The molecule has 0 fully saturated rings. The van der Waals surface area contributed by atoms with Crippen molar-refractivity contribution in [1.29, 1.82) is 0 Å². The third-order valence-electron chi connectivity index (χ3n) is 4.82. The molecule has 0 aliphatic rings. The lowest BCUT2D eigenvalue weighted by Gasteiger charge is -2.37. The molecule has 0 atom stereocenters. The zero-order chi connectivity index (χ0) is 16.4. The molecule has 0 heterocycles. The van der Waals surface area contributed by atoms with E-state index in [1.165, 1.54) is 41.7 Å². The fourth-order valence-electron chi connectivity index (χ4n) is 3.14. The quantitative estimate of drug-likeness (QED) is 0.421. The molecule has 0 saturated carbocycles. The van der Waals surface area contributed by atoms with Crippen LogP contribution in [-0.4, -0.2) is 24.1 Å². The second-order valence-corrected chi connectivity index (χ2v) is 6.30. The van der Waals surface area contributed by atoms with Crippen molar-refractivity contribution in [2.45, 2.75) is 33.2 Å². The van der Waals surface area contributed by atoms with E-state index in [4.69, 9.17) is 0 Å². The van der Waals surface area contributed by atoms with Gasteiger partial charge in [0.2, 0.25) is 0 Å². The van der Waals surface area contributed by atoms with E-state index in [9.17, 15) is 0 Å². The van der Waals surface area contributed by atoms with Crippen molar-refractivity contribution in [3.63, 3.8) is 0 Å². The van der Waals surface area contributed by atoms with Gasteiger partial charge in [-0.15, -0.1) is 0 Å². The number of hydrogen-bond acceptors (Lipinski definition) is 0. The first-order valence-electron chi connectivity index (χ1n) is 8.88. The SMILES string of the molecule is CC[N+](CC)(CCCC=Cc1ccccc1)Cc1ccccc1. The molecule has 122 valence electrons. The zero-order valence-electron chi connectivity index (χ0n) is 14.6. The average molecular weight is 308 g/mol. The first kappa shape index (κ1) is 17.5. The van der Waals surface area contributed by atoms with E-state index in [0.717, 1.165) is 13.0 Å². The molecule has 1 heteroatoms. The Kier molecular flexibility index (Phi) is 7.09. The normalized spacial score (nSPS) is 11.9. The number of allylic oxidation sites excluding steroid dienone is 1. The lowest BCUT2D eigenvalue weighted by molar-refractivity contribution is -0.937. The van der Waals surface area contributed by atoms with Gasteiger partial charge < -0.3 is 4.48 Å². The molecule has 0 bridgehead atoms. The molecule has 0 aliphatic heterocycles. The minimum Gasteiger partial charge on any atom is -0.320 e. The predicted octanol–water partition coefficient (Wildman–Crippen LogP) is 5.54. The molecule has 0 aliphatic carbocycles. The van der Waals surface area contributed by atoms with Gasteiger partial charge in [-0.3, -0.25) is 0 Å². The van der Waals surface area contributed by atoms with Gasteiger partial charge in [-0.05, 0) is 25.8 Å². The number of nitrogens with zero attached hydrogens (tertiary/aromatic N) is 1. The van der Waals surface area contributed by atoms with E-state index in [1.54, 1.807) is 0 Å². The van der Waals surface area contributed by atoms with Gasteiger partial charge in [-0.1, -0.05) is 72.8 Å². The summed E-state index contributed by atoms with van der Waals surface area (Å²) >= 11 is 0. The van der Waals surface area contributed by atoms with E-state index in [0.29, 0.717) is 0 Å². The van der Waals surface area contributed by atoms with Crippen molar-refractivity contribution < 1.29 is 4.48 Å². The third-order valence-corrected chi connectivity index (χ3v) is 4.82. The van der Waals surface area contributed by atoms with Crippen LogP contribution < -0.4 is 0 Å². The summed E-state index contributed by atoms with van der Waals surface area (Å²) in [5.74, 6) is 0. The van der Waals surface area contributed by atoms with Gasteiger partial charge in [0.25, 0.3) is 0 Å². The Labute approximate surface area is 141 Å². The molecule has 0 radical (unpaired) electrons. The van der Waals surface area contributed by atoms with Crippen LogP contribution in [0.15, 0.2) is 66.7 Å². The van der Waals surface area contributed by atoms with Crippen LogP contribution in [-0.2, 0) is 6.54 Å². The molecule has 2 aromatic rings. The number of benzene rings is 2. The minimum atomic E-state index is 1.15. The maximum absolute atomic E-state index is 2.33. The Hall–Kier alpha value is -1.86. The summed E-state index contributed by atoms with van der Waals surface area (Å²) in [5.41, 5.74) is 2.75. The van der Waals surface area contributed by atoms with Gasteiger partial charge in [0.1, 0.15) is 6.54 Å². The van der Waals surface area contributed by atoms with Gasteiger partial charge >= 0.3 is 0 Å². The molecular formula is C22H30N+. The van der Waals surface area contributed by atoms with E-state index >= 15 is 0 Å². The summed E-state index contributed by atoms with van der Waals surface area (Å²) in [6.45, 7) is 9.46. The molecular weight excluding hydrogens is 278 g/mol. The Morgan fingerprint density at radius 3 is 2.04 bits per heavy atom. The second-order valence-electron chi connectivity index (χ2n) is 6.30. The number of quaternary nitrogens is 1. The van der Waals surface area contributed by atoms with Crippen LogP contribution in [0, 0.1) is 0 Å². The second kappa shape index (κ2) is 9.32. The van der Waals surface area contributed by atoms with Crippen LogP contribution in [0.25, 0.3) is 6.08 Å². The lowest BCUT2D eigenvalue weighted by Crippen LogP contribution is -2.47. The number of rotatable bonds is 9. The highest BCUT2D eigenvalue weighted by molar-refractivity contribution is 5.48. The highest BCUT2D eigenvalue weighted by atomic mass is 15.3. The first-order valence-corrected chi connectivity index (χ1v) is 8.88. The molecule has 0 saturated heterocycles. The summed E-state index contributed by atoms with van der Waals surface area (Å²) < 4.78 is 1.18. The van der Waals surface area contributed by atoms with E-state index in [-0.39, 0.29) is 0 Å². The van der Waals surface area contributed by atoms with Crippen molar-refractivity contribution >= 4 is 6.08 Å². The summed E-state index contributed by atoms with van der Waals surface area (Å²) in [4.78, 5) is 0. The van der Waals surface area contributed by atoms with Crippen LogP contribution in [0.1, 0.15) is 37.8 Å². The van der Waals surface area contributed by atoms with Crippen molar-refractivity contribution in [3.05, 3.63) is 77.9 Å². The molecule has 2 aromatic carbocycles. The Morgan fingerprint density at radius 1 is 0.826 bits per heavy atom. The van der Waals surface area contributed by atoms with Crippen molar-refractivity contribution in [2.24, 2.45) is 0 Å². The molecule has 0 N–H and O–H groups in total. The fourth-order valence-corrected chi connectivity index (χ4v) is 3.14. The Balaban J connectivity index is 1.86. The highest BCUT2D eigenvalue weighted by Crippen LogP contribution is 2.16. The predicted molar refractivity (Wildman–Crippen MR) is 101 cm³/mol. The average Bonchev–Trinajstić information content (AvgIpc) is 2.62. The molecule has 0 unspecified atom stereocenters. The Morgan fingerprint density at radius 2 is 1.43 bits per heavy atom. The number of hydrogen-bond donors (Lipinski definition) is 0. The van der Waals surface area contributed by atoms with Crippen molar-refractivity contribution in [2.75, 3.05) is 19.6 Å². The number of unbranched alkanes of at least 4 members (excludes halogenated alkanes) is 1. The highest BCUT2D eigenvalue weighted by Gasteiger charge is 2.22. The van der Waals surface area contributed by atoms with Crippen LogP contribution >= 0.6 is 0 Å². The van der Waals surface area contributed by atoms with E-state index in [1.807, 2.05) is 0 Å². The standard InChI is InChI=1S/C22H30N/c1-3-23(4-2,20-22-17-10-6-11-18-22)19-13-7-12-16-21-14-8-5-9-15-21/h5-6,8-12,14-18H,3-4,7,13,19-20H2,1-2H3/q+1. The van der Waals surface area contributed by atoms with Crippen molar-refractivity contribution in [3.8, 4) is 0 Å². The molecule has 0 spiro atoms. The third kappa shape index (κ3) is 5.69. The Bertz CT molecular complexity index is 567. The summed E-state index contributed by atoms with van der Waals surface area (Å²) in [6.07, 6.45) is 6.96. The smallest absolute Gasteiger partial charge is 0.104 e. The van der Waals surface area contributed by atoms with E-state index in [2.05, 4.69) is 86.7 Å². The maximum Gasteiger partial charge on any atom is 0.104 e. The topological polar surface area (TPSA) is 0 Å². The minimum absolute atomic E-state index is 1.15. The van der Waals surface area contributed by atoms with Gasteiger partial charge in [0.05, 0.1) is 19.6 Å². The monoisotopic (exact) mass is 308 g/mol. The van der Waals surface area contributed by atoms with Crippen LogP contribution in [0.4, 0.5) is 0 Å². The van der Waals surface area contributed by atoms with E-state index < -0.39 is 0 Å². The molecule has 1 nitrogen and oxygen atoms in total. The first-order chi connectivity index (χ1) is 11.3. The summed E-state index contributed by atoms with van der Waals surface area (Å²) in [6, 6.07) is 21.5.